The lowest BCUT2D eigenvalue weighted by atomic mass is 10.0. The van der Waals surface area contributed by atoms with Gasteiger partial charge >= 0.3 is 0 Å². The predicted molar refractivity (Wildman–Crippen MR) is 575 cm³/mol. The normalized spacial score (nSPS) is 12.0. The largest absolute Gasteiger partial charge is 0.456 e. The number of para-hydroxylation sites is 8. The molecule has 0 bridgehead atoms. The summed E-state index contributed by atoms with van der Waals surface area (Å²) in [5.41, 5.74) is 28.8. The predicted octanol–water partition coefficient (Wildman–Crippen LogP) is 33.5. The van der Waals surface area contributed by atoms with Crippen molar-refractivity contribution in [2.75, 3.05) is 0 Å². The summed E-state index contributed by atoms with van der Waals surface area (Å²) < 4.78 is 31.6. The van der Waals surface area contributed by atoms with E-state index in [-0.39, 0.29) is 0 Å². The van der Waals surface area contributed by atoms with Crippen molar-refractivity contribution < 1.29 is 13.3 Å². The number of furan rings is 3. The maximum Gasteiger partial charge on any atom is 0.164 e. The average Bonchev–Trinajstić information content (AvgIpc) is 1.57. The van der Waals surface area contributed by atoms with Crippen molar-refractivity contribution in [3.63, 3.8) is 0 Å². The Bertz CT molecular complexity index is 9670. The summed E-state index contributed by atoms with van der Waals surface area (Å²) in [5.74, 6) is 3.80. The molecule has 0 saturated carbocycles. The van der Waals surface area contributed by atoms with Crippen molar-refractivity contribution in [3.8, 4) is 113 Å². The Morgan fingerprint density at radius 3 is 0.829 bits per heavy atom. The van der Waals surface area contributed by atoms with E-state index < -0.39 is 0 Å². The van der Waals surface area contributed by atoms with E-state index in [1.54, 1.807) is 0 Å². The fourth-order valence-corrected chi connectivity index (χ4v) is 22.5. The Kier molecular flexibility index (Phi) is 17.7. The van der Waals surface area contributed by atoms with E-state index in [4.69, 9.17) is 43.2 Å². The Morgan fingerprint density at radius 1 is 0.157 bits per heavy atom. The van der Waals surface area contributed by atoms with E-state index in [9.17, 15) is 0 Å². The van der Waals surface area contributed by atoms with Crippen molar-refractivity contribution in [1.82, 2.24) is 48.2 Å². The van der Waals surface area contributed by atoms with Crippen LogP contribution in [0.1, 0.15) is 0 Å². The summed E-state index contributed by atoms with van der Waals surface area (Å²) >= 11 is 1.81. The number of nitrogens with zero attached hydrogens (tertiary/aromatic N) is 10. The molecule has 30 aromatic rings. The van der Waals surface area contributed by atoms with Crippen LogP contribution in [0.5, 0.6) is 0 Å². The Morgan fingerprint density at radius 2 is 0.421 bits per heavy atom. The van der Waals surface area contributed by atoms with Gasteiger partial charge in [0.15, 0.2) is 46.1 Å². The second-order valence-electron chi connectivity index (χ2n) is 35.9. The third kappa shape index (κ3) is 12.6. The van der Waals surface area contributed by atoms with Crippen LogP contribution in [-0.2, 0) is 0 Å². The van der Waals surface area contributed by atoms with Gasteiger partial charge in [-0.25, -0.2) is 29.9 Å². The molecule has 0 atom stereocenters. The molecule has 0 N–H and O–H groups in total. The standard InChI is InChI=1S/C63H37N5O2.C63H37N5OS/c1-3-14-38(15-4-1)61-64-62(39-16-5-2-6-17-39)66-63(65-61)42-28-32-58-50(36-42)51-37-43(29-33-59(51)69-58)67-52-22-10-7-18-44(52)48-34-40(26-30-54(48)67)41-27-31-55-49(35-41)45-19-8-11-23-53(45)68(55)56-24-13-21-47-46-20-9-12-25-57(46)70-60(47)56;1-3-14-38(15-4-1)61-64-62(39-16-5-2-6-17-39)66-63(65-61)42-28-32-58-50(36-42)51-37-43(29-33-59(51)70-58)67-52-22-10-7-18-44(52)48-34-40(26-30-54(48)67)41-27-31-55-49(35-41)45-19-8-11-23-53(45)68(55)56-24-13-21-47-46-20-9-12-25-57(46)69-60(47)56/h2*1-37H. The summed E-state index contributed by atoms with van der Waals surface area (Å²) in [4.78, 5) is 30.0. The molecule has 0 unspecified atom stereocenters. The molecular weight excluding hydrogens is 1730 g/mol. The first-order valence-corrected chi connectivity index (χ1v) is 47.8. The Balaban J connectivity index is 0.000000134. The fourth-order valence-electron chi connectivity index (χ4n) is 21.5. The van der Waals surface area contributed by atoms with Gasteiger partial charge in [0.05, 0.1) is 55.5 Å². The number of hydrogen-bond acceptors (Lipinski definition) is 10. The highest BCUT2D eigenvalue weighted by molar-refractivity contribution is 7.25. The monoisotopic (exact) mass is 1810 g/mol. The van der Waals surface area contributed by atoms with Gasteiger partial charge in [-0.05, 0) is 192 Å². The molecule has 0 aliphatic rings. The maximum absolute atomic E-state index is 6.57. The van der Waals surface area contributed by atoms with E-state index in [1.165, 1.54) is 79.9 Å². The van der Waals surface area contributed by atoms with Crippen molar-refractivity contribution in [1.29, 1.82) is 0 Å². The zero-order valence-electron chi connectivity index (χ0n) is 74.8. The summed E-state index contributed by atoms with van der Waals surface area (Å²) in [6, 6.07) is 159. The van der Waals surface area contributed by atoms with Crippen LogP contribution < -0.4 is 0 Å². The molecule has 20 aromatic carbocycles. The Labute approximate surface area is 802 Å². The number of aromatic nitrogens is 10. The van der Waals surface area contributed by atoms with Gasteiger partial charge in [-0.2, -0.15) is 0 Å². The van der Waals surface area contributed by atoms with E-state index in [2.05, 4.69) is 309 Å². The second-order valence-corrected chi connectivity index (χ2v) is 37.0. The number of thiophene rings is 1. The molecule has 0 saturated heterocycles. The zero-order valence-corrected chi connectivity index (χ0v) is 75.6. The van der Waals surface area contributed by atoms with Crippen LogP contribution in [0.15, 0.2) is 462 Å². The lowest BCUT2D eigenvalue weighted by molar-refractivity contribution is 0.666. The smallest absolute Gasteiger partial charge is 0.164 e. The average molecular weight is 1810 g/mol. The van der Waals surface area contributed by atoms with Crippen LogP contribution in [0.4, 0.5) is 0 Å². The molecule has 0 radical (unpaired) electrons. The van der Waals surface area contributed by atoms with Crippen LogP contribution >= 0.6 is 11.3 Å². The minimum atomic E-state index is 0.600. The molecule has 30 rings (SSSR count). The lowest BCUT2D eigenvalue weighted by Gasteiger charge is -2.10. The summed E-state index contributed by atoms with van der Waals surface area (Å²) in [5, 5.41) is 18.5. The van der Waals surface area contributed by atoms with Crippen molar-refractivity contribution >= 4 is 185 Å². The molecule has 0 amide bonds. The number of benzene rings is 20. The van der Waals surface area contributed by atoms with Gasteiger partial charge in [0.1, 0.15) is 22.3 Å². The van der Waals surface area contributed by atoms with Crippen molar-refractivity contribution in [2.24, 2.45) is 0 Å². The highest BCUT2D eigenvalue weighted by Crippen LogP contribution is 2.48. The van der Waals surface area contributed by atoms with Gasteiger partial charge in [-0.15, -0.1) is 11.3 Å². The fraction of sp³-hybridized carbons (Fsp3) is 0. The molecule has 0 spiro atoms. The third-order valence-electron chi connectivity index (χ3n) is 27.9. The number of hydrogen-bond donors (Lipinski definition) is 0. The van der Waals surface area contributed by atoms with Crippen LogP contribution in [0.2, 0.25) is 0 Å². The minimum absolute atomic E-state index is 0.600. The van der Waals surface area contributed by atoms with Crippen LogP contribution in [0, 0.1) is 0 Å². The van der Waals surface area contributed by atoms with E-state index in [0.29, 0.717) is 34.9 Å². The summed E-state index contributed by atoms with van der Waals surface area (Å²) in [7, 11) is 0. The van der Waals surface area contributed by atoms with Gasteiger partial charge in [0.2, 0.25) is 0 Å². The van der Waals surface area contributed by atoms with Gasteiger partial charge in [0.25, 0.3) is 0 Å². The highest BCUT2D eigenvalue weighted by Gasteiger charge is 2.26. The molecule has 140 heavy (non-hydrogen) atoms. The summed E-state index contributed by atoms with van der Waals surface area (Å²) in [6.45, 7) is 0. The van der Waals surface area contributed by atoms with Crippen LogP contribution in [-0.4, -0.2) is 48.2 Å². The van der Waals surface area contributed by atoms with Gasteiger partial charge in [-0.1, -0.05) is 279 Å². The molecule has 10 aromatic heterocycles. The maximum atomic E-state index is 6.57. The first-order chi connectivity index (χ1) is 69.4. The second kappa shape index (κ2) is 31.4. The quantitative estimate of drug-likeness (QED) is 0.117. The lowest BCUT2D eigenvalue weighted by Crippen LogP contribution is -2.00. The highest BCUT2D eigenvalue weighted by atomic mass is 32.1. The van der Waals surface area contributed by atoms with Crippen molar-refractivity contribution in [2.45, 2.75) is 0 Å². The molecule has 0 aliphatic carbocycles. The number of rotatable bonds is 12. The molecule has 10 heterocycles. The molecule has 652 valence electrons. The molecule has 13 nitrogen and oxygen atoms in total. The minimum Gasteiger partial charge on any atom is -0.456 e. The first-order valence-electron chi connectivity index (χ1n) is 47.0. The molecule has 14 heteroatoms. The SMILES string of the molecule is c1ccc(-c2nc(-c3ccccc3)nc(-c3ccc4oc5ccc(-n6c7ccccc7c7cc(-c8ccc9c(c8)c8ccccc8n9-c8cccc9c8oc8ccccc89)ccc76)cc5c4c3)n2)cc1.c1ccc(-c2nc(-c3ccccc3)nc(-c3ccc4sc5ccc(-n6c7ccccc7c7cc(-c8ccc9c(c8)c8ccccc8n9-c8cccc9c8oc8ccccc89)ccc76)cc5c4c3)n2)cc1. The van der Waals surface area contributed by atoms with Gasteiger partial charge < -0.3 is 31.5 Å². The third-order valence-corrected chi connectivity index (χ3v) is 29.1. The van der Waals surface area contributed by atoms with E-state index in [0.717, 1.165) is 172 Å². The van der Waals surface area contributed by atoms with Gasteiger partial charge in [0, 0.05) is 140 Å². The number of fused-ring (bicyclic) bond motifs is 24. The molecule has 0 fully saturated rings. The van der Waals surface area contributed by atoms with E-state index in [1.807, 2.05) is 169 Å². The van der Waals surface area contributed by atoms with Crippen LogP contribution in [0.25, 0.3) is 287 Å². The summed E-state index contributed by atoms with van der Waals surface area (Å²) in [6.07, 6.45) is 0. The Hall–Kier alpha value is -18.8. The molecular formula is C126H74N10O3S. The topological polar surface area (TPSA) is 136 Å². The van der Waals surface area contributed by atoms with Gasteiger partial charge in [-0.3, -0.25) is 0 Å². The van der Waals surface area contributed by atoms with Crippen LogP contribution in [0.3, 0.4) is 0 Å². The van der Waals surface area contributed by atoms with Crippen molar-refractivity contribution in [3.05, 3.63) is 449 Å². The first kappa shape index (κ1) is 78.7. The molecule has 0 aliphatic heterocycles. The van der Waals surface area contributed by atoms with E-state index >= 15 is 0 Å². The zero-order chi connectivity index (χ0) is 91.7.